The molecule has 1 fully saturated rings. The van der Waals surface area contributed by atoms with Gasteiger partial charge in [0.1, 0.15) is 0 Å². The largest absolute Gasteiger partial charge is 0.326 e. The highest BCUT2D eigenvalue weighted by atomic mass is 16.2. The fourth-order valence-corrected chi connectivity index (χ4v) is 3.05. The predicted octanol–water partition coefficient (Wildman–Crippen LogP) is 3.14. The van der Waals surface area contributed by atoms with Crippen LogP contribution >= 0.6 is 0 Å². The van der Waals surface area contributed by atoms with Gasteiger partial charge >= 0.3 is 0 Å². The van der Waals surface area contributed by atoms with Crippen molar-refractivity contribution >= 4 is 23.2 Å². The average Bonchev–Trinajstić information content (AvgIpc) is 2.51. The number of carbonyl (C=O) groups is 2. The Balaban J connectivity index is 1.86. The lowest BCUT2D eigenvalue weighted by atomic mass is 9.85. The van der Waals surface area contributed by atoms with Gasteiger partial charge in [0.25, 0.3) is 0 Å². The number of hydrogen-bond acceptors (Lipinski definition) is 3. The van der Waals surface area contributed by atoms with E-state index in [4.69, 9.17) is 0 Å². The Hall–Kier alpha value is -1.88. The van der Waals surface area contributed by atoms with Crippen molar-refractivity contribution in [2.75, 3.05) is 10.6 Å². The topological polar surface area (TPSA) is 70.2 Å². The van der Waals surface area contributed by atoms with Gasteiger partial charge in [0.05, 0.1) is 6.04 Å². The molecule has 0 spiro atoms. The summed E-state index contributed by atoms with van der Waals surface area (Å²) in [5.74, 6) is 0.479. The summed E-state index contributed by atoms with van der Waals surface area (Å²) >= 11 is 0. The zero-order valence-corrected chi connectivity index (χ0v) is 14.2. The number of hydrogen-bond donors (Lipinski definition) is 3. The number of nitrogens with one attached hydrogen (secondary N) is 3. The monoisotopic (exact) mass is 317 g/mol. The third-order valence-electron chi connectivity index (χ3n) is 4.44. The van der Waals surface area contributed by atoms with Crippen LogP contribution in [0.2, 0.25) is 0 Å². The maximum absolute atomic E-state index is 12.3. The van der Waals surface area contributed by atoms with Gasteiger partial charge in [0.2, 0.25) is 11.8 Å². The molecule has 2 amide bonds. The van der Waals surface area contributed by atoms with E-state index in [0.717, 1.165) is 17.8 Å². The maximum Gasteiger partial charge on any atom is 0.241 e. The molecule has 0 aliphatic heterocycles. The highest BCUT2D eigenvalue weighted by Crippen LogP contribution is 2.24. The molecule has 1 aromatic rings. The van der Waals surface area contributed by atoms with Crippen LogP contribution in [0.5, 0.6) is 0 Å². The Morgan fingerprint density at radius 3 is 2.17 bits per heavy atom. The molecule has 0 unspecified atom stereocenters. The van der Waals surface area contributed by atoms with E-state index in [2.05, 4.69) is 22.9 Å². The predicted molar refractivity (Wildman–Crippen MR) is 93.4 cm³/mol. The summed E-state index contributed by atoms with van der Waals surface area (Å²) in [7, 11) is 0. The number of amides is 2. The van der Waals surface area contributed by atoms with E-state index in [-0.39, 0.29) is 17.9 Å². The molecule has 2 rings (SSSR count). The lowest BCUT2D eigenvalue weighted by Crippen LogP contribution is -2.47. The maximum atomic E-state index is 12.3. The first-order valence-electron chi connectivity index (χ1n) is 8.40. The second-order valence-electron chi connectivity index (χ2n) is 6.50. The first-order valence-corrected chi connectivity index (χ1v) is 8.40. The first kappa shape index (κ1) is 17.5. The van der Waals surface area contributed by atoms with E-state index in [1.165, 1.54) is 26.2 Å². The van der Waals surface area contributed by atoms with Gasteiger partial charge < -0.3 is 16.0 Å². The van der Waals surface area contributed by atoms with E-state index in [9.17, 15) is 9.59 Å². The molecular weight excluding hydrogens is 290 g/mol. The lowest BCUT2D eigenvalue weighted by molar-refractivity contribution is -0.118. The zero-order chi connectivity index (χ0) is 16.8. The van der Waals surface area contributed by atoms with E-state index < -0.39 is 0 Å². The van der Waals surface area contributed by atoms with Crippen LogP contribution in [0.4, 0.5) is 11.4 Å². The van der Waals surface area contributed by atoms with Crippen molar-refractivity contribution in [2.24, 2.45) is 5.92 Å². The molecule has 0 radical (unpaired) electrons. The van der Waals surface area contributed by atoms with E-state index in [0.29, 0.717) is 12.0 Å². The molecular formula is C18H27N3O2. The summed E-state index contributed by atoms with van der Waals surface area (Å²) in [6, 6.07) is 7.33. The van der Waals surface area contributed by atoms with E-state index >= 15 is 0 Å². The molecule has 0 heterocycles. The van der Waals surface area contributed by atoms with Gasteiger partial charge in [-0.25, -0.2) is 0 Å². The molecule has 5 heteroatoms. The van der Waals surface area contributed by atoms with E-state index in [1.54, 1.807) is 24.3 Å². The fourth-order valence-electron chi connectivity index (χ4n) is 3.05. The Morgan fingerprint density at radius 2 is 1.61 bits per heavy atom. The molecule has 1 saturated carbocycles. The SMILES string of the molecule is CC(=O)Nc1ccc(NC(=O)[C@H](C)N[C@@H]2CCCC[C@H]2C)cc1. The molecule has 3 atom stereocenters. The number of carbonyl (C=O) groups excluding carboxylic acids is 2. The minimum atomic E-state index is -0.226. The van der Waals surface area contributed by atoms with Crippen LogP contribution in [-0.2, 0) is 9.59 Å². The second kappa shape index (κ2) is 8.11. The van der Waals surface area contributed by atoms with Crippen molar-refractivity contribution in [2.45, 2.75) is 58.5 Å². The van der Waals surface area contributed by atoms with Crippen LogP contribution < -0.4 is 16.0 Å². The Morgan fingerprint density at radius 1 is 1.04 bits per heavy atom. The van der Waals surface area contributed by atoms with Crippen molar-refractivity contribution in [1.29, 1.82) is 0 Å². The van der Waals surface area contributed by atoms with Crippen LogP contribution in [0.15, 0.2) is 24.3 Å². The van der Waals surface area contributed by atoms with E-state index in [1.807, 2.05) is 6.92 Å². The fraction of sp³-hybridized carbons (Fsp3) is 0.556. The number of benzene rings is 1. The van der Waals surface area contributed by atoms with Gasteiger partial charge in [-0.15, -0.1) is 0 Å². The normalized spacial score (nSPS) is 22.2. The summed E-state index contributed by atoms with van der Waals surface area (Å²) in [5, 5.41) is 9.07. The molecule has 126 valence electrons. The summed E-state index contributed by atoms with van der Waals surface area (Å²) in [5.41, 5.74) is 1.45. The van der Waals surface area contributed by atoms with Gasteiger partial charge in [-0.3, -0.25) is 9.59 Å². The molecule has 3 N–H and O–H groups in total. The minimum Gasteiger partial charge on any atom is -0.326 e. The van der Waals surface area contributed by atoms with Crippen molar-refractivity contribution in [3.8, 4) is 0 Å². The van der Waals surface area contributed by atoms with Gasteiger partial charge in [-0.05, 0) is 49.9 Å². The first-order chi connectivity index (χ1) is 11.0. The Kier molecular flexibility index (Phi) is 6.16. The zero-order valence-electron chi connectivity index (χ0n) is 14.2. The van der Waals surface area contributed by atoms with Crippen molar-refractivity contribution in [1.82, 2.24) is 5.32 Å². The van der Waals surface area contributed by atoms with Crippen LogP contribution in [0.1, 0.15) is 46.5 Å². The lowest BCUT2D eigenvalue weighted by Gasteiger charge is -2.31. The Bertz CT molecular complexity index is 542. The van der Waals surface area contributed by atoms with Crippen LogP contribution in [0.3, 0.4) is 0 Å². The Labute approximate surface area is 138 Å². The summed E-state index contributed by atoms with van der Waals surface area (Å²) in [4.78, 5) is 23.3. The molecule has 0 saturated heterocycles. The number of anilines is 2. The molecule has 23 heavy (non-hydrogen) atoms. The van der Waals surface area contributed by atoms with Gasteiger partial charge in [0, 0.05) is 24.3 Å². The summed E-state index contributed by atoms with van der Waals surface area (Å²) in [6.07, 6.45) is 4.91. The van der Waals surface area contributed by atoms with Gasteiger partial charge in [-0.2, -0.15) is 0 Å². The van der Waals surface area contributed by atoms with Gasteiger partial charge in [-0.1, -0.05) is 19.8 Å². The second-order valence-corrected chi connectivity index (χ2v) is 6.50. The average molecular weight is 317 g/mol. The molecule has 0 aromatic heterocycles. The molecule has 1 aliphatic carbocycles. The van der Waals surface area contributed by atoms with Crippen molar-refractivity contribution < 1.29 is 9.59 Å². The standard InChI is InChI=1S/C18H27N3O2/c1-12-6-4-5-7-17(12)19-13(2)18(23)21-16-10-8-15(9-11-16)20-14(3)22/h8-13,17,19H,4-7H2,1-3H3,(H,20,22)(H,21,23)/t12-,13+,17-/m1/s1. The van der Waals surface area contributed by atoms with Crippen LogP contribution in [0.25, 0.3) is 0 Å². The third kappa shape index (κ3) is 5.36. The minimum absolute atomic E-state index is 0.0324. The molecule has 1 aromatic carbocycles. The molecule has 0 bridgehead atoms. The van der Waals surface area contributed by atoms with Crippen molar-refractivity contribution in [3.05, 3.63) is 24.3 Å². The van der Waals surface area contributed by atoms with Crippen LogP contribution in [-0.4, -0.2) is 23.9 Å². The summed E-state index contributed by atoms with van der Waals surface area (Å²) < 4.78 is 0. The molecule has 1 aliphatic rings. The van der Waals surface area contributed by atoms with Crippen LogP contribution in [0, 0.1) is 5.92 Å². The number of rotatable bonds is 5. The summed E-state index contributed by atoms with van der Waals surface area (Å²) in [6.45, 7) is 5.62. The quantitative estimate of drug-likeness (QED) is 0.781. The van der Waals surface area contributed by atoms with Crippen molar-refractivity contribution in [3.63, 3.8) is 0 Å². The third-order valence-corrected chi connectivity index (χ3v) is 4.44. The van der Waals surface area contributed by atoms with Gasteiger partial charge in [0.15, 0.2) is 0 Å². The molecule has 5 nitrogen and oxygen atoms in total. The highest BCUT2D eigenvalue weighted by molar-refractivity contribution is 5.95. The highest BCUT2D eigenvalue weighted by Gasteiger charge is 2.24. The smallest absolute Gasteiger partial charge is 0.241 e.